The van der Waals surface area contributed by atoms with Crippen molar-refractivity contribution in [2.75, 3.05) is 13.1 Å². The molecule has 2 unspecified atom stereocenters. The second-order valence-electron chi connectivity index (χ2n) is 5.20. The van der Waals surface area contributed by atoms with Crippen molar-refractivity contribution in [1.82, 2.24) is 10.6 Å². The van der Waals surface area contributed by atoms with Gasteiger partial charge in [0.15, 0.2) is 0 Å². The Bertz CT molecular complexity index is 441. The van der Waals surface area contributed by atoms with Crippen LogP contribution >= 0.6 is 15.9 Å². The Morgan fingerprint density at radius 2 is 2.22 bits per heavy atom. The highest BCUT2D eigenvalue weighted by atomic mass is 79.9. The van der Waals surface area contributed by atoms with E-state index in [1.165, 1.54) is 0 Å². The molecule has 1 saturated heterocycles. The Labute approximate surface area is 116 Å². The van der Waals surface area contributed by atoms with E-state index in [-0.39, 0.29) is 17.4 Å². The molecule has 1 heterocycles. The molecule has 1 aromatic carbocycles. The molecular formula is C14H19BrN2O. The molecule has 18 heavy (non-hydrogen) atoms. The molecule has 98 valence electrons. The molecule has 0 bridgehead atoms. The zero-order chi connectivity index (χ0) is 13.2. The van der Waals surface area contributed by atoms with Crippen molar-refractivity contribution in [3.63, 3.8) is 0 Å². The zero-order valence-electron chi connectivity index (χ0n) is 10.8. The second-order valence-corrected chi connectivity index (χ2v) is 6.06. The molecule has 0 spiro atoms. The SMILES string of the molecule is CC(NC(=O)C1(C)CCNC1)c1ccccc1Br. The summed E-state index contributed by atoms with van der Waals surface area (Å²) in [4.78, 5) is 12.3. The number of carbonyl (C=O) groups is 1. The summed E-state index contributed by atoms with van der Waals surface area (Å²) < 4.78 is 1.03. The number of hydrogen-bond acceptors (Lipinski definition) is 2. The molecule has 1 aliphatic heterocycles. The number of rotatable bonds is 3. The maximum Gasteiger partial charge on any atom is 0.227 e. The predicted molar refractivity (Wildman–Crippen MR) is 76.3 cm³/mol. The van der Waals surface area contributed by atoms with Crippen LogP contribution in [0.5, 0.6) is 0 Å². The highest BCUT2D eigenvalue weighted by Gasteiger charge is 2.36. The average Bonchev–Trinajstić information content (AvgIpc) is 2.78. The maximum absolute atomic E-state index is 12.3. The third kappa shape index (κ3) is 2.75. The van der Waals surface area contributed by atoms with Gasteiger partial charge in [0.1, 0.15) is 0 Å². The second kappa shape index (κ2) is 5.41. The summed E-state index contributed by atoms with van der Waals surface area (Å²) in [7, 11) is 0. The van der Waals surface area contributed by atoms with E-state index in [0.29, 0.717) is 0 Å². The first kappa shape index (κ1) is 13.6. The third-order valence-corrected chi connectivity index (χ3v) is 4.36. The van der Waals surface area contributed by atoms with Crippen molar-refractivity contribution in [2.45, 2.75) is 26.3 Å². The van der Waals surface area contributed by atoms with Gasteiger partial charge in [-0.3, -0.25) is 4.79 Å². The van der Waals surface area contributed by atoms with Gasteiger partial charge in [-0.05, 0) is 38.4 Å². The van der Waals surface area contributed by atoms with Gasteiger partial charge in [-0.1, -0.05) is 34.1 Å². The third-order valence-electron chi connectivity index (χ3n) is 3.64. The fourth-order valence-electron chi connectivity index (χ4n) is 2.29. The first-order valence-electron chi connectivity index (χ1n) is 6.29. The molecule has 4 heteroatoms. The van der Waals surface area contributed by atoms with Crippen LogP contribution in [0.4, 0.5) is 0 Å². The van der Waals surface area contributed by atoms with Gasteiger partial charge in [-0.25, -0.2) is 0 Å². The molecule has 3 nitrogen and oxygen atoms in total. The lowest BCUT2D eigenvalue weighted by Crippen LogP contribution is -2.41. The molecule has 1 fully saturated rings. The number of benzene rings is 1. The van der Waals surface area contributed by atoms with Crippen LogP contribution in [0.15, 0.2) is 28.7 Å². The van der Waals surface area contributed by atoms with Crippen LogP contribution < -0.4 is 10.6 Å². The standard InChI is InChI=1S/C14H19BrN2O/c1-10(11-5-3-4-6-12(11)15)17-13(18)14(2)7-8-16-9-14/h3-6,10,16H,7-9H2,1-2H3,(H,17,18). The first-order chi connectivity index (χ1) is 8.53. The van der Waals surface area contributed by atoms with E-state index in [2.05, 4.69) is 26.6 Å². The monoisotopic (exact) mass is 310 g/mol. The summed E-state index contributed by atoms with van der Waals surface area (Å²) in [6, 6.07) is 8.01. The van der Waals surface area contributed by atoms with E-state index < -0.39 is 0 Å². The largest absolute Gasteiger partial charge is 0.349 e. The Balaban J connectivity index is 2.06. The highest BCUT2D eigenvalue weighted by molar-refractivity contribution is 9.10. The van der Waals surface area contributed by atoms with Crippen molar-refractivity contribution < 1.29 is 4.79 Å². The van der Waals surface area contributed by atoms with E-state index in [9.17, 15) is 4.79 Å². The van der Waals surface area contributed by atoms with Gasteiger partial charge in [0.2, 0.25) is 5.91 Å². The number of carbonyl (C=O) groups excluding carboxylic acids is 1. The summed E-state index contributed by atoms with van der Waals surface area (Å²) in [5, 5.41) is 6.36. The lowest BCUT2D eigenvalue weighted by molar-refractivity contribution is -0.129. The number of halogens is 1. The van der Waals surface area contributed by atoms with E-state index in [4.69, 9.17) is 0 Å². The maximum atomic E-state index is 12.3. The summed E-state index contributed by atoms with van der Waals surface area (Å²) in [5.41, 5.74) is 0.843. The van der Waals surface area contributed by atoms with Crippen molar-refractivity contribution in [1.29, 1.82) is 0 Å². The lowest BCUT2D eigenvalue weighted by Gasteiger charge is -2.25. The smallest absolute Gasteiger partial charge is 0.227 e. The van der Waals surface area contributed by atoms with Crippen molar-refractivity contribution >= 4 is 21.8 Å². The normalized spacial score (nSPS) is 24.8. The van der Waals surface area contributed by atoms with Crippen LogP contribution in [0.25, 0.3) is 0 Å². The molecule has 0 radical (unpaired) electrons. The minimum atomic E-state index is -0.268. The Hall–Kier alpha value is -0.870. The Morgan fingerprint density at radius 3 is 2.83 bits per heavy atom. The van der Waals surface area contributed by atoms with E-state index in [1.54, 1.807) is 0 Å². The predicted octanol–water partition coefficient (Wildman–Crippen LogP) is 2.63. The summed E-state index contributed by atoms with van der Waals surface area (Å²) >= 11 is 3.52. The van der Waals surface area contributed by atoms with Gasteiger partial charge in [0, 0.05) is 11.0 Å². The molecule has 0 aromatic heterocycles. The van der Waals surface area contributed by atoms with Crippen LogP contribution in [0, 0.1) is 5.41 Å². The molecule has 2 rings (SSSR count). The van der Waals surface area contributed by atoms with Crippen LogP contribution in [-0.4, -0.2) is 19.0 Å². The van der Waals surface area contributed by atoms with Gasteiger partial charge in [0.05, 0.1) is 11.5 Å². The zero-order valence-corrected chi connectivity index (χ0v) is 12.4. The van der Waals surface area contributed by atoms with E-state index in [0.717, 1.165) is 29.5 Å². The van der Waals surface area contributed by atoms with Crippen LogP contribution in [0.1, 0.15) is 31.9 Å². The molecular weight excluding hydrogens is 292 g/mol. The summed E-state index contributed by atoms with van der Waals surface area (Å²) in [6.45, 7) is 5.73. The van der Waals surface area contributed by atoms with Gasteiger partial charge < -0.3 is 10.6 Å². The van der Waals surface area contributed by atoms with E-state index >= 15 is 0 Å². The van der Waals surface area contributed by atoms with E-state index in [1.807, 2.05) is 38.1 Å². The highest BCUT2D eigenvalue weighted by Crippen LogP contribution is 2.27. The van der Waals surface area contributed by atoms with Gasteiger partial charge in [0.25, 0.3) is 0 Å². The van der Waals surface area contributed by atoms with Crippen molar-refractivity contribution in [3.05, 3.63) is 34.3 Å². The minimum Gasteiger partial charge on any atom is -0.349 e. The lowest BCUT2D eigenvalue weighted by atomic mass is 9.88. The average molecular weight is 311 g/mol. The van der Waals surface area contributed by atoms with Crippen LogP contribution in [0.2, 0.25) is 0 Å². The number of amides is 1. The Morgan fingerprint density at radius 1 is 1.50 bits per heavy atom. The Kier molecular flexibility index (Phi) is 4.07. The van der Waals surface area contributed by atoms with Crippen molar-refractivity contribution in [3.8, 4) is 0 Å². The summed E-state index contributed by atoms with van der Waals surface area (Å²) in [5.74, 6) is 0.135. The number of hydrogen-bond donors (Lipinski definition) is 2. The van der Waals surface area contributed by atoms with Crippen LogP contribution in [0.3, 0.4) is 0 Å². The number of nitrogens with one attached hydrogen (secondary N) is 2. The molecule has 1 aromatic rings. The topological polar surface area (TPSA) is 41.1 Å². The molecule has 0 aliphatic carbocycles. The fourth-order valence-corrected chi connectivity index (χ4v) is 2.91. The molecule has 1 aliphatic rings. The molecule has 2 N–H and O–H groups in total. The van der Waals surface area contributed by atoms with Gasteiger partial charge in [-0.15, -0.1) is 0 Å². The molecule has 1 amide bonds. The van der Waals surface area contributed by atoms with Crippen molar-refractivity contribution in [2.24, 2.45) is 5.41 Å². The van der Waals surface area contributed by atoms with Gasteiger partial charge >= 0.3 is 0 Å². The summed E-state index contributed by atoms with van der Waals surface area (Å²) in [6.07, 6.45) is 0.904. The first-order valence-corrected chi connectivity index (χ1v) is 7.08. The van der Waals surface area contributed by atoms with Crippen LogP contribution in [-0.2, 0) is 4.79 Å². The molecule has 0 saturated carbocycles. The minimum absolute atomic E-state index is 0.0190. The van der Waals surface area contributed by atoms with Gasteiger partial charge in [-0.2, -0.15) is 0 Å². The quantitative estimate of drug-likeness (QED) is 0.901. The fraction of sp³-hybridized carbons (Fsp3) is 0.500. The molecule has 2 atom stereocenters.